The minimum absolute atomic E-state index is 0.0905. The zero-order valence-corrected chi connectivity index (χ0v) is 10.3. The fourth-order valence-electron chi connectivity index (χ4n) is 1.86. The molecule has 0 unspecified atom stereocenters. The van der Waals surface area contributed by atoms with Crippen LogP contribution in [-0.4, -0.2) is 16.7 Å². The third-order valence-electron chi connectivity index (χ3n) is 3.12. The Balaban J connectivity index is 1.82. The Bertz CT molecular complexity index is 596. The predicted molar refractivity (Wildman–Crippen MR) is 69.5 cm³/mol. The quantitative estimate of drug-likeness (QED) is 0.915. The van der Waals surface area contributed by atoms with Gasteiger partial charge in [-0.1, -0.05) is 12.1 Å². The van der Waals surface area contributed by atoms with Gasteiger partial charge in [0.15, 0.2) is 5.82 Å². The van der Waals surface area contributed by atoms with Crippen molar-refractivity contribution in [3.05, 3.63) is 42.3 Å². The zero-order valence-electron chi connectivity index (χ0n) is 10.3. The number of aromatic hydroxyl groups is 1. The van der Waals surface area contributed by atoms with E-state index in [-0.39, 0.29) is 11.4 Å². The van der Waals surface area contributed by atoms with Crippen LogP contribution in [0.1, 0.15) is 12.8 Å². The highest BCUT2D eigenvalue weighted by Crippen LogP contribution is 2.30. The third kappa shape index (κ3) is 2.84. The summed E-state index contributed by atoms with van der Waals surface area (Å²) in [6.07, 6.45) is 3.90. The summed E-state index contributed by atoms with van der Waals surface area (Å²) in [5, 5.41) is 9.40. The van der Waals surface area contributed by atoms with Crippen molar-refractivity contribution in [2.24, 2.45) is 5.92 Å². The molecule has 0 saturated heterocycles. The summed E-state index contributed by atoms with van der Waals surface area (Å²) in [4.78, 5) is 4.08. The van der Waals surface area contributed by atoms with Gasteiger partial charge in [0.2, 0.25) is 0 Å². The van der Waals surface area contributed by atoms with Crippen molar-refractivity contribution in [2.75, 3.05) is 6.61 Å². The molecule has 0 amide bonds. The number of pyridine rings is 1. The van der Waals surface area contributed by atoms with Gasteiger partial charge in [-0.05, 0) is 30.9 Å². The monoisotopic (exact) mass is 259 g/mol. The Morgan fingerprint density at radius 3 is 2.84 bits per heavy atom. The Morgan fingerprint density at radius 1 is 1.32 bits per heavy atom. The predicted octanol–water partition coefficient (Wildman–Crippen LogP) is 3.38. The molecule has 2 aromatic rings. The Labute approximate surface area is 110 Å². The van der Waals surface area contributed by atoms with Crippen LogP contribution >= 0.6 is 0 Å². The van der Waals surface area contributed by atoms with E-state index in [0.29, 0.717) is 23.8 Å². The Morgan fingerprint density at radius 2 is 2.16 bits per heavy atom. The third-order valence-corrected chi connectivity index (χ3v) is 3.12. The highest BCUT2D eigenvalue weighted by Gasteiger charge is 2.22. The van der Waals surface area contributed by atoms with Crippen LogP contribution in [0.3, 0.4) is 0 Å². The summed E-state index contributed by atoms with van der Waals surface area (Å²) in [6.45, 7) is 0.632. The topological polar surface area (TPSA) is 42.4 Å². The van der Waals surface area contributed by atoms with Crippen molar-refractivity contribution in [2.45, 2.75) is 12.8 Å². The molecule has 0 aliphatic heterocycles. The van der Waals surface area contributed by atoms with Crippen LogP contribution in [0.4, 0.5) is 4.39 Å². The first-order chi connectivity index (χ1) is 9.22. The van der Waals surface area contributed by atoms with Gasteiger partial charge in [-0.25, -0.2) is 9.37 Å². The molecule has 1 aliphatic rings. The van der Waals surface area contributed by atoms with Gasteiger partial charge >= 0.3 is 0 Å². The van der Waals surface area contributed by atoms with Crippen molar-refractivity contribution in [1.82, 2.24) is 4.98 Å². The number of phenolic OH excluding ortho intramolecular Hbond substituents is 1. The molecule has 3 nitrogen and oxygen atoms in total. The highest BCUT2D eigenvalue weighted by atomic mass is 19.1. The van der Waals surface area contributed by atoms with Crippen LogP contribution < -0.4 is 4.74 Å². The molecule has 3 rings (SSSR count). The van der Waals surface area contributed by atoms with Crippen LogP contribution in [-0.2, 0) is 0 Å². The summed E-state index contributed by atoms with van der Waals surface area (Å²) in [5.41, 5.74) is 0.765. The molecule has 0 bridgehead atoms. The first-order valence-electron chi connectivity index (χ1n) is 6.30. The van der Waals surface area contributed by atoms with E-state index in [1.807, 2.05) is 0 Å². The highest BCUT2D eigenvalue weighted by molar-refractivity contribution is 5.62. The maximum atomic E-state index is 14.0. The van der Waals surface area contributed by atoms with Crippen molar-refractivity contribution in [3.63, 3.8) is 0 Å². The van der Waals surface area contributed by atoms with Crippen LogP contribution in [0.5, 0.6) is 11.5 Å². The van der Waals surface area contributed by atoms with Gasteiger partial charge in [-0.3, -0.25) is 0 Å². The van der Waals surface area contributed by atoms with Gasteiger partial charge in [0.1, 0.15) is 17.2 Å². The molecule has 1 saturated carbocycles. The number of benzene rings is 1. The largest absolute Gasteiger partial charge is 0.508 e. The molecule has 19 heavy (non-hydrogen) atoms. The van der Waals surface area contributed by atoms with E-state index in [1.54, 1.807) is 12.1 Å². The lowest BCUT2D eigenvalue weighted by molar-refractivity contribution is 0.297. The number of rotatable bonds is 4. The standard InChI is InChI=1S/C15H14FNO2/c16-14-7-13(19-9-10-4-5-10)8-17-15(14)11-2-1-3-12(18)6-11/h1-3,6-8,10,18H,4-5,9H2. The number of aromatic nitrogens is 1. The first-order valence-corrected chi connectivity index (χ1v) is 6.30. The SMILES string of the molecule is Oc1cccc(-c2ncc(OCC3CC3)cc2F)c1. The van der Waals surface area contributed by atoms with Crippen molar-refractivity contribution >= 4 is 0 Å². The molecule has 1 fully saturated rings. The van der Waals surface area contributed by atoms with Gasteiger partial charge in [0.05, 0.1) is 12.8 Å². The Kier molecular flexibility index (Phi) is 3.07. The average molecular weight is 259 g/mol. The summed E-state index contributed by atoms with van der Waals surface area (Å²) in [5.74, 6) is 0.716. The molecule has 1 aromatic carbocycles. The molecule has 1 aromatic heterocycles. The molecule has 0 radical (unpaired) electrons. The minimum Gasteiger partial charge on any atom is -0.508 e. The smallest absolute Gasteiger partial charge is 0.153 e. The van der Waals surface area contributed by atoms with E-state index < -0.39 is 5.82 Å². The van der Waals surface area contributed by atoms with E-state index >= 15 is 0 Å². The van der Waals surface area contributed by atoms with Crippen molar-refractivity contribution < 1.29 is 14.2 Å². The van der Waals surface area contributed by atoms with E-state index in [0.717, 1.165) is 0 Å². The lowest BCUT2D eigenvalue weighted by atomic mass is 10.1. The summed E-state index contributed by atoms with van der Waals surface area (Å²) in [7, 11) is 0. The lowest BCUT2D eigenvalue weighted by Crippen LogP contribution is -2.00. The van der Waals surface area contributed by atoms with E-state index in [4.69, 9.17) is 4.74 Å². The van der Waals surface area contributed by atoms with E-state index in [9.17, 15) is 9.50 Å². The fourth-order valence-corrected chi connectivity index (χ4v) is 1.86. The van der Waals surface area contributed by atoms with Gasteiger partial charge < -0.3 is 9.84 Å². The fraction of sp³-hybridized carbons (Fsp3) is 0.267. The molecule has 0 spiro atoms. The molecule has 1 aliphatic carbocycles. The number of halogens is 1. The average Bonchev–Trinajstić information content (AvgIpc) is 3.20. The van der Waals surface area contributed by atoms with Crippen molar-refractivity contribution in [3.8, 4) is 22.8 Å². The van der Waals surface area contributed by atoms with Gasteiger partial charge in [-0.15, -0.1) is 0 Å². The van der Waals surface area contributed by atoms with Crippen LogP contribution in [0.15, 0.2) is 36.5 Å². The van der Waals surface area contributed by atoms with Gasteiger partial charge in [-0.2, -0.15) is 0 Å². The van der Waals surface area contributed by atoms with Crippen LogP contribution in [0.25, 0.3) is 11.3 Å². The molecule has 1 heterocycles. The summed E-state index contributed by atoms with van der Waals surface area (Å²) < 4.78 is 19.5. The number of ether oxygens (including phenoxy) is 1. The number of nitrogens with zero attached hydrogens (tertiary/aromatic N) is 1. The first kappa shape index (κ1) is 12.0. The second-order valence-corrected chi connectivity index (χ2v) is 4.81. The molecular formula is C15H14FNO2. The number of phenols is 1. The number of hydrogen-bond acceptors (Lipinski definition) is 3. The Hall–Kier alpha value is -2.10. The van der Waals surface area contributed by atoms with Crippen molar-refractivity contribution in [1.29, 1.82) is 0 Å². The van der Waals surface area contributed by atoms with Gasteiger partial charge in [0.25, 0.3) is 0 Å². The second-order valence-electron chi connectivity index (χ2n) is 4.81. The lowest BCUT2D eigenvalue weighted by Gasteiger charge is -2.07. The maximum Gasteiger partial charge on any atom is 0.153 e. The molecule has 98 valence electrons. The van der Waals surface area contributed by atoms with E-state index in [1.165, 1.54) is 37.2 Å². The van der Waals surface area contributed by atoms with Gasteiger partial charge in [0, 0.05) is 11.6 Å². The summed E-state index contributed by atoms with van der Waals surface area (Å²) in [6, 6.07) is 7.72. The maximum absolute atomic E-state index is 14.0. The zero-order chi connectivity index (χ0) is 13.2. The van der Waals surface area contributed by atoms with Crippen LogP contribution in [0.2, 0.25) is 0 Å². The van der Waals surface area contributed by atoms with Crippen LogP contribution in [0, 0.1) is 11.7 Å². The van der Waals surface area contributed by atoms with E-state index in [2.05, 4.69) is 4.98 Å². The minimum atomic E-state index is -0.445. The molecule has 1 N–H and O–H groups in total. The molecular weight excluding hydrogens is 245 g/mol. The normalized spacial score (nSPS) is 14.4. The summed E-state index contributed by atoms with van der Waals surface area (Å²) >= 11 is 0. The second kappa shape index (κ2) is 4.88. The molecule has 0 atom stereocenters. The molecule has 4 heteroatoms. The number of hydrogen-bond donors (Lipinski definition) is 1.